The Kier molecular flexibility index (Phi) is 4.50. The normalized spacial score (nSPS) is 11.6. The van der Waals surface area contributed by atoms with Crippen molar-refractivity contribution in [2.75, 3.05) is 17.5 Å². The van der Waals surface area contributed by atoms with Crippen LogP contribution in [0.15, 0.2) is 48.5 Å². The second-order valence-corrected chi connectivity index (χ2v) is 6.70. The van der Waals surface area contributed by atoms with Gasteiger partial charge in [-0.2, -0.15) is 12.7 Å². The Labute approximate surface area is 125 Å². The van der Waals surface area contributed by atoms with E-state index in [0.29, 0.717) is 17.9 Å². The van der Waals surface area contributed by atoms with Crippen LogP contribution in [0.5, 0.6) is 0 Å². The van der Waals surface area contributed by atoms with E-state index in [9.17, 15) is 8.42 Å². The van der Waals surface area contributed by atoms with Crippen molar-refractivity contribution in [1.29, 1.82) is 0 Å². The molecule has 6 heteroatoms. The van der Waals surface area contributed by atoms with E-state index in [0.717, 1.165) is 11.1 Å². The molecule has 0 aliphatic heterocycles. The quantitative estimate of drug-likeness (QED) is 0.833. The summed E-state index contributed by atoms with van der Waals surface area (Å²) in [5, 5.41) is 0. The molecule has 3 N–H and O–H groups in total. The van der Waals surface area contributed by atoms with Crippen molar-refractivity contribution in [3.05, 3.63) is 59.7 Å². The van der Waals surface area contributed by atoms with E-state index < -0.39 is 10.2 Å². The van der Waals surface area contributed by atoms with Crippen molar-refractivity contribution < 1.29 is 8.42 Å². The Morgan fingerprint density at radius 2 is 1.81 bits per heavy atom. The molecule has 0 saturated carbocycles. The highest BCUT2D eigenvalue weighted by Gasteiger charge is 2.18. The Morgan fingerprint density at radius 1 is 1.14 bits per heavy atom. The zero-order valence-corrected chi connectivity index (χ0v) is 12.9. The molecule has 0 heterocycles. The Morgan fingerprint density at radius 3 is 2.48 bits per heavy atom. The molecule has 2 aromatic carbocycles. The number of nitrogens with two attached hydrogens (primary N) is 1. The third-order valence-corrected chi connectivity index (χ3v) is 4.59. The monoisotopic (exact) mass is 305 g/mol. The number of anilines is 2. The lowest BCUT2D eigenvalue weighted by Crippen LogP contribution is -2.32. The maximum Gasteiger partial charge on any atom is 0.301 e. The Hall–Kier alpha value is -2.05. The lowest BCUT2D eigenvalue weighted by atomic mass is 10.2. The van der Waals surface area contributed by atoms with Crippen molar-refractivity contribution in [2.24, 2.45) is 0 Å². The first-order valence-corrected chi connectivity index (χ1v) is 7.96. The van der Waals surface area contributed by atoms with Crippen LogP contribution in [0.1, 0.15) is 11.1 Å². The molecule has 0 aliphatic carbocycles. The van der Waals surface area contributed by atoms with Gasteiger partial charge in [0.1, 0.15) is 0 Å². The van der Waals surface area contributed by atoms with Crippen molar-refractivity contribution in [1.82, 2.24) is 4.31 Å². The fraction of sp³-hybridized carbons (Fsp3) is 0.200. The van der Waals surface area contributed by atoms with Crippen LogP contribution < -0.4 is 10.5 Å². The van der Waals surface area contributed by atoms with Gasteiger partial charge in [-0.05, 0) is 30.2 Å². The van der Waals surface area contributed by atoms with Gasteiger partial charge in [-0.25, -0.2) is 0 Å². The molecule has 112 valence electrons. The molecule has 2 rings (SSSR count). The fourth-order valence-electron chi connectivity index (χ4n) is 1.89. The molecular weight excluding hydrogens is 286 g/mol. The highest BCUT2D eigenvalue weighted by molar-refractivity contribution is 7.90. The molecule has 0 aromatic heterocycles. The summed E-state index contributed by atoms with van der Waals surface area (Å²) in [5.41, 5.74) is 8.46. The van der Waals surface area contributed by atoms with E-state index in [4.69, 9.17) is 5.73 Å². The van der Waals surface area contributed by atoms with E-state index in [1.165, 1.54) is 11.4 Å². The summed E-state index contributed by atoms with van der Waals surface area (Å²) < 4.78 is 28.5. The van der Waals surface area contributed by atoms with Gasteiger partial charge in [0.15, 0.2) is 0 Å². The SMILES string of the molecule is Cc1ccc(N)cc1NS(=O)(=O)N(C)Cc1ccccc1. The molecule has 0 amide bonds. The number of nitrogen functional groups attached to an aromatic ring is 1. The van der Waals surface area contributed by atoms with Gasteiger partial charge < -0.3 is 5.73 Å². The van der Waals surface area contributed by atoms with Crippen LogP contribution in [-0.2, 0) is 16.8 Å². The van der Waals surface area contributed by atoms with Crippen molar-refractivity contribution in [2.45, 2.75) is 13.5 Å². The van der Waals surface area contributed by atoms with Gasteiger partial charge in [0.05, 0.1) is 5.69 Å². The molecule has 5 nitrogen and oxygen atoms in total. The van der Waals surface area contributed by atoms with E-state index in [1.54, 1.807) is 18.2 Å². The lowest BCUT2D eigenvalue weighted by Gasteiger charge is -2.19. The third-order valence-electron chi connectivity index (χ3n) is 3.16. The van der Waals surface area contributed by atoms with Crippen LogP contribution in [0, 0.1) is 6.92 Å². The minimum atomic E-state index is -3.62. The summed E-state index contributed by atoms with van der Waals surface area (Å²) >= 11 is 0. The number of hydrogen-bond acceptors (Lipinski definition) is 3. The van der Waals surface area contributed by atoms with E-state index in [-0.39, 0.29) is 0 Å². The van der Waals surface area contributed by atoms with Crippen LogP contribution in [0.3, 0.4) is 0 Å². The van der Waals surface area contributed by atoms with Crippen LogP contribution in [0.25, 0.3) is 0 Å². The minimum Gasteiger partial charge on any atom is -0.399 e. The van der Waals surface area contributed by atoms with Gasteiger partial charge in [-0.1, -0.05) is 36.4 Å². The van der Waals surface area contributed by atoms with Crippen molar-refractivity contribution in [3.63, 3.8) is 0 Å². The first-order valence-electron chi connectivity index (χ1n) is 6.52. The molecule has 0 fully saturated rings. The van der Waals surface area contributed by atoms with E-state index >= 15 is 0 Å². The molecule has 0 saturated heterocycles. The number of aryl methyl sites for hydroxylation is 1. The smallest absolute Gasteiger partial charge is 0.301 e. The molecule has 0 spiro atoms. The standard InChI is InChI=1S/C15H19N3O2S/c1-12-8-9-14(16)10-15(12)17-21(19,20)18(2)11-13-6-4-3-5-7-13/h3-10,17H,11,16H2,1-2H3. The summed E-state index contributed by atoms with van der Waals surface area (Å²) in [6, 6.07) is 14.6. The van der Waals surface area contributed by atoms with Gasteiger partial charge >= 0.3 is 10.2 Å². The van der Waals surface area contributed by atoms with Gasteiger partial charge in [0, 0.05) is 19.3 Å². The zero-order valence-electron chi connectivity index (χ0n) is 12.1. The van der Waals surface area contributed by atoms with Gasteiger partial charge in [-0.3, -0.25) is 4.72 Å². The molecule has 0 aliphatic rings. The largest absolute Gasteiger partial charge is 0.399 e. The lowest BCUT2D eigenvalue weighted by molar-refractivity contribution is 0.471. The van der Waals surface area contributed by atoms with Crippen LogP contribution in [0.4, 0.5) is 11.4 Å². The minimum absolute atomic E-state index is 0.303. The highest BCUT2D eigenvalue weighted by atomic mass is 32.2. The topological polar surface area (TPSA) is 75.4 Å². The van der Waals surface area contributed by atoms with Gasteiger partial charge in [-0.15, -0.1) is 0 Å². The number of rotatable bonds is 5. The number of hydrogen-bond donors (Lipinski definition) is 2. The summed E-state index contributed by atoms with van der Waals surface area (Å²) in [6.07, 6.45) is 0. The van der Waals surface area contributed by atoms with Crippen molar-refractivity contribution >= 4 is 21.6 Å². The van der Waals surface area contributed by atoms with Crippen LogP contribution >= 0.6 is 0 Å². The molecular formula is C15H19N3O2S. The van der Waals surface area contributed by atoms with E-state index in [1.807, 2.05) is 37.3 Å². The Bertz CT molecular complexity index is 715. The maximum absolute atomic E-state index is 12.3. The summed E-state index contributed by atoms with van der Waals surface area (Å²) in [5.74, 6) is 0. The molecule has 0 unspecified atom stereocenters. The zero-order chi connectivity index (χ0) is 15.5. The number of benzene rings is 2. The van der Waals surface area contributed by atoms with Crippen LogP contribution in [0.2, 0.25) is 0 Å². The molecule has 21 heavy (non-hydrogen) atoms. The fourth-order valence-corrected chi connectivity index (χ4v) is 2.86. The average molecular weight is 305 g/mol. The first kappa shape index (κ1) is 15.3. The summed E-state index contributed by atoms with van der Waals surface area (Å²) in [6.45, 7) is 2.13. The van der Waals surface area contributed by atoms with Gasteiger partial charge in [0.2, 0.25) is 0 Å². The number of nitrogens with one attached hydrogen (secondary N) is 1. The average Bonchev–Trinajstić information content (AvgIpc) is 2.43. The van der Waals surface area contributed by atoms with Gasteiger partial charge in [0.25, 0.3) is 0 Å². The third kappa shape index (κ3) is 3.96. The van der Waals surface area contributed by atoms with Crippen LogP contribution in [-0.4, -0.2) is 19.8 Å². The maximum atomic E-state index is 12.3. The number of nitrogens with zero attached hydrogens (tertiary/aromatic N) is 1. The molecule has 0 bridgehead atoms. The van der Waals surface area contributed by atoms with E-state index in [2.05, 4.69) is 4.72 Å². The summed E-state index contributed by atoms with van der Waals surface area (Å²) in [4.78, 5) is 0. The first-order chi connectivity index (χ1) is 9.88. The summed E-state index contributed by atoms with van der Waals surface area (Å²) in [7, 11) is -2.08. The molecule has 0 atom stereocenters. The molecule has 2 aromatic rings. The highest BCUT2D eigenvalue weighted by Crippen LogP contribution is 2.20. The Balaban J connectivity index is 2.16. The predicted octanol–water partition coefficient (Wildman–Crippen LogP) is 2.37. The van der Waals surface area contributed by atoms with Crippen molar-refractivity contribution in [3.8, 4) is 0 Å². The second kappa shape index (κ2) is 6.15. The predicted molar refractivity (Wildman–Crippen MR) is 86.0 cm³/mol. The molecule has 0 radical (unpaired) electrons. The second-order valence-electron chi connectivity index (χ2n) is 4.92.